The van der Waals surface area contributed by atoms with Crippen LogP contribution in [0.5, 0.6) is 0 Å². The molecule has 116 valence electrons. The van der Waals surface area contributed by atoms with Crippen molar-refractivity contribution in [1.29, 1.82) is 0 Å². The SMILES string of the molecule is Cc1cc(C(=O)Nc2cccc3c2CN(c2nccs2)C3)co1. The molecule has 0 spiro atoms. The Kier molecular flexibility index (Phi) is 3.38. The van der Waals surface area contributed by atoms with Crippen LogP contribution in [-0.2, 0) is 13.1 Å². The molecule has 4 rings (SSSR count). The second kappa shape index (κ2) is 5.55. The highest BCUT2D eigenvalue weighted by molar-refractivity contribution is 7.13. The highest BCUT2D eigenvalue weighted by Gasteiger charge is 2.24. The van der Waals surface area contributed by atoms with Crippen LogP contribution >= 0.6 is 11.3 Å². The lowest BCUT2D eigenvalue weighted by atomic mass is 10.1. The average Bonchev–Trinajstić information content (AvgIpc) is 3.27. The Morgan fingerprint density at radius 1 is 1.39 bits per heavy atom. The summed E-state index contributed by atoms with van der Waals surface area (Å²) in [5.74, 6) is 0.575. The van der Waals surface area contributed by atoms with Gasteiger partial charge in [-0.05, 0) is 24.6 Å². The van der Waals surface area contributed by atoms with E-state index in [4.69, 9.17) is 4.42 Å². The minimum Gasteiger partial charge on any atom is -0.469 e. The van der Waals surface area contributed by atoms with Crippen LogP contribution in [0.4, 0.5) is 10.8 Å². The van der Waals surface area contributed by atoms with Crippen LogP contribution in [-0.4, -0.2) is 10.9 Å². The van der Waals surface area contributed by atoms with E-state index >= 15 is 0 Å². The summed E-state index contributed by atoms with van der Waals surface area (Å²) in [7, 11) is 0. The molecule has 1 aromatic carbocycles. The number of hydrogen-bond acceptors (Lipinski definition) is 5. The van der Waals surface area contributed by atoms with E-state index in [1.165, 1.54) is 11.8 Å². The Morgan fingerprint density at radius 3 is 3.04 bits per heavy atom. The second-order valence-corrected chi connectivity index (χ2v) is 6.39. The molecule has 2 aromatic heterocycles. The highest BCUT2D eigenvalue weighted by atomic mass is 32.1. The van der Waals surface area contributed by atoms with Gasteiger partial charge in [0.2, 0.25) is 0 Å². The van der Waals surface area contributed by atoms with E-state index in [9.17, 15) is 4.79 Å². The van der Waals surface area contributed by atoms with E-state index in [2.05, 4.69) is 21.3 Å². The summed E-state index contributed by atoms with van der Waals surface area (Å²) in [5, 5.41) is 5.97. The van der Waals surface area contributed by atoms with Crippen molar-refractivity contribution >= 4 is 28.1 Å². The molecule has 23 heavy (non-hydrogen) atoms. The summed E-state index contributed by atoms with van der Waals surface area (Å²) in [4.78, 5) is 18.9. The third-order valence-electron chi connectivity index (χ3n) is 3.91. The quantitative estimate of drug-likeness (QED) is 0.795. The maximum atomic E-state index is 12.3. The lowest BCUT2D eigenvalue weighted by molar-refractivity contribution is 0.102. The van der Waals surface area contributed by atoms with Gasteiger partial charge in [0.05, 0.1) is 5.56 Å². The number of furan rings is 1. The number of benzene rings is 1. The van der Waals surface area contributed by atoms with Gasteiger partial charge >= 0.3 is 0 Å². The number of amides is 1. The second-order valence-electron chi connectivity index (χ2n) is 5.51. The third kappa shape index (κ3) is 2.61. The first-order valence-electron chi connectivity index (χ1n) is 7.32. The van der Waals surface area contributed by atoms with E-state index in [1.807, 2.05) is 30.6 Å². The van der Waals surface area contributed by atoms with Crippen molar-refractivity contribution in [2.75, 3.05) is 10.2 Å². The number of thiazole rings is 1. The summed E-state index contributed by atoms with van der Waals surface area (Å²) < 4.78 is 5.21. The Morgan fingerprint density at radius 2 is 2.30 bits per heavy atom. The van der Waals surface area contributed by atoms with Gasteiger partial charge in [-0.3, -0.25) is 4.79 Å². The Bertz CT molecular complexity index is 855. The van der Waals surface area contributed by atoms with Gasteiger partial charge in [-0.15, -0.1) is 11.3 Å². The molecule has 0 radical (unpaired) electrons. The van der Waals surface area contributed by atoms with Gasteiger partial charge in [0, 0.05) is 35.9 Å². The molecule has 3 aromatic rings. The molecule has 0 unspecified atom stereocenters. The number of rotatable bonds is 3. The van der Waals surface area contributed by atoms with Crippen LogP contribution in [0.3, 0.4) is 0 Å². The zero-order valence-corrected chi connectivity index (χ0v) is 13.4. The maximum Gasteiger partial charge on any atom is 0.258 e. The van der Waals surface area contributed by atoms with Gasteiger partial charge in [-0.2, -0.15) is 0 Å². The first kappa shape index (κ1) is 14.0. The first-order valence-corrected chi connectivity index (χ1v) is 8.20. The number of carbonyl (C=O) groups is 1. The molecule has 3 heterocycles. The predicted molar refractivity (Wildman–Crippen MR) is 89.8 cm³/mol. The number of carbonyl (C=O) groups excluding carboxylic acids is 1. The lowest BCUT2D eigenvalue weighted by Gasteiger charge is -2.13. The van der Waals surface area contributed by atoms with Crippen LogP contribution in [0.25, 0.3) is 0 Å². The fourth-order valence-electron chi connectivity index (χ4n) is 2.80. The molecule has 0 bridgehead atoms. The van der Waals surface area contributed by atoms with Gasteiger partial charge < -0.3 is 14.6 Å². The first-order chi connectivity index (χ1) is 11.2. The topological polar surface area (TPSA) is 58.4 Å². The molecule has 0 aliphatic carbocycles. The van der Waals surface area contributed by atoms with Crippen molar-refractivity contribution in [2.45, 2.75) is 20.0 Å². The number of anilines is 2. The predicted octanol–water partition coefficient (Wildman–Crippen LogP) is 3.82. The Labute approximate surface area is 137 Å². The number of nitrogens with one attached hydrogen (secondary N) is 1. The molecular weight excluding hydrogens is 310 g/mol. The van der Waals surface area contributed by atoms with Crippen molar-refractivity contribution in [2.24, 2.45) is 0 Å². The number of aromatic nitrogens is 1. The molecule has 5 nitrogen and oxygen atoms in total. The smallest absolute Gasteiger partial charge is 0.258 e. The fraction of sp³-hybridized carbons (Fsp3) is 0.176. The summed E-state index contributed by atoms with van der Waals surface area (Å²) in [6.07, 6.45) is 3.29. The van der Waals surface area contributed by atoms with Crippen molar-refractivity contribution in [3.8, 4) is 0 Å². The third-order valence-corrected chi connectivity index (χ3v) is 4.75. The monoisotopic (exact) mass is 325 g/mol. The van der Waals surface area contributed by atoms with Crippen molar-refractivity contribution in [1.82, 2.24) is 4.98 Å². The van der Waals surface area contributed by atoms with Gasteiger partial charge in [0.15, 0.2) is 5.13 Å². The zero-order chi connectivity index (χ0) is 15.8. The van der Waals surface area contributed by atoms with E-state index in [1.54, 1.807) is 17.4 Å². The molecule has 1 amide bonds. The van der Waals surface area contributed by atoms with Crippen molar-refractivity contribution in [3.63, 3.8) is 0 Å². The number of fused-ring (bicyclic) bond motifs is 1. The van der Waals surface area contributed by atoms with E-state index < -0.39 is 0 Å². The number of hydrogen-bond donors (Lipinski definition) is 1. The standard InChI is InChI=1S/C17H15N3O2S/c1-11-7-13(10-22-11)16(21)19-15-4-2-3-12-8-20(9-14(12)15)17-18-5-6-23-17/h2-7,10H,8-9H2,1H3,(H,19,21). The molecule has 1 aliphatic heterocycles. The number of aryl methyl sites for hydroxylation is 1. The zero-order valence-electron chi connectivity index (χ0n) is 12.6. The maximum absolute atomic E-state index is 12.3. The Hall–Kier alpha value is -2.60. The highest BCUT2D eigenvalue weighted by Crippen LogP contribution is 2.33. The molecule has 0 saturated carbocycles. The lowest BCUT2D eigenvalue weighted by Crippen LogP contribution is -2.15. The van der Waals surface area contributed by atoms with Crippen LogP contribution in [0, 0.1) is 6.92 Å². The largest absolute Gasteiger partial charge is 0.469 e. The summed E-state index contributed by atoms with van der Waals surface area (Å²) >= 11 is 1.63. The molecule has 0 saturated heterocycles. The minimum absolute atomic E-state index is 0.150. The van der Waals surface area contributed by atoms with Gasteiger partial charge in [0.25, 0.3) is 5.91 Å². The average molecular weight is 325 g/mol. The summed E-state index contributed by atoms with van der Waals surface area (Å²) in [6, 6.07) is 7.75. The summed E-state index contributed by atoms with van der Waals surface area (Å²) in [5.41, 5.74) is 3.76. The molecule has 0 fully saturated rings. The van der Waals surface area contributed by atoms with E-state index in [0.717, 1.165) is 35.2 Å². The minimum atomic E-state index is -0.150. The van der Waals surface area contributed by atoms with Crippen molar-refractivity contribution in [3.05, 3.63) is 64.6 Å². The van der Waals surface area contributed by atoms with E-state index in [-0.39, 0.29) is 5.91 Å². The van der Waals surface area contributed by atoms with Crippen LogP contribution in [0.15, 0.2) is 46.5 Å². The summed E-state index contributed by atoms with van der Waals surface area (Å²) in [6.45, 7) is 3.39. The molecule has 0 atom stereocenters. The molecule has 1 N–H and O–H groups in total. The van der Waals surface area contributed by atoms with Gasteiger partial charge in [-0.25, -0.2) is 4.98 Å². The normalized spacial score (nSPS) is 13.2. The number of nitrogens with zero attached hydrogens (tertiary/aromatic N) is 2. The van der Waals surface area contributed by atoms with Gasteiger partial charge in [-0.1, -0.05) is 12.1 Å². The van der Waals surface area contributed by atoms with Crippen LogP contribution in [0.2, 0.25) is 0 Å². The van der Waals surface area contributed by atoms with Gasteiger partial charge in [0.1, 0.15) is 12.0 Å². The van der Waals surface area contributed by atoms with Crippen LogP contribution in [0.1, 0.15) is 27.2 Å². The molecule has 1 aliphatic rings. The molecular formula is C17H15N3O2S. The van der Waals surface area contributed by atoms with E-state index in [0.29, 0.717) is 5.56 Å². The van der Waals surface area contributed by atoms with Crippen molar-refractivity contribution < 1.29 is 9.21 Å². The Balaban J connectivity index is 1.58. The fourth-order valence-corrected chi connectivity index (χ4v) is 3.45. The molecule has 6 heteroatoms. The van der Waals surface area contributed by atoms with Crippen LogP contribution < -0.4 is 10.2 Å².